The molecule has 108 valence electrons. The third kappa shape index (κ3) is 4.11. The summed E-state index contributed by atoms with van der Waals surface area (Å²) in [5.41, 5.74) is 0.223. The zero-order valence-electron chi connectivity index (χ0n) is 10.7. The SMILES string of the molecule is O=C(CNC(=O)c1cccs1)Nc1cncc(C(=O)O)c1. The molecule has 21 heavy (non-hydrogen) atoms. The highest BCUT2D eigenvalue weighted by Gasteiger charge is 2.10. The van der Waals surface area contributed by atoms with Crippen LogP contribution in [0.25, 0.3) is 0 Å². The number of hydrogen-bond acceptors (Lipinski definition) is 5. The van der Waals surface area contributed by atoms with Gasteiger partial charge in [0.05, 0.1) is 28.9 Å². The van der Waals surface area contributed by atoms with E-state index in [0.717, 1.165) is 0 Å². The van der Waals surface area contributed by atoms with Crippen molar-refractivity contribution in [3.8, 4) is 0 Å². The molecule has 2 heterocycles. The summed E-state index contributed by atoms with van der Waals surface area (Å²) >= 11 is 1.27. The topological polar surface area (TPSA) is 108 Å². The van der Waals surface area contributed by atoms with Crippen LogP contribution in [0.15, 0.2) is 36.0 Å². The number of carboxylic acids is 1. The van der Waals surface area contributed by atoms with Crippen LogP contribution in [-0.2, 0) is 4.79 Å². The quantitative estimate of drug-likeness (QED) is 0.769. The van der Waals surface area contributed by atoms with Crippen molar-refractivity contribution in [3.63, 3.8) is 0 Å². The van der Waals surface area contributed by atoms with Gasteiger partial charge in [0, 0.05) is 6.20 Å². The molecule has 0 spiro atoms. The maximum Gasteiger partial charge on any atom is 0.337 e. The summed E-state index contributed by atoms with van der Waals surface area (Å²) in [6.07, 6.45) is 2.50. The first kappa shape index (κ1) is 14.7. The van der Waals surface area contributed by atoms with E-state index in [4.69, 9.17) is 5.11 Å². The number of thiophene rings is 1. The molecule has 0 radical (unpaired) electrons. The Kier molecular flexibility index (Phi) is 4.62. The molecule has 2 rings (SSSR count). The van der Waals surface area contributed by atoms with E-state index in [-0.39, 0.29) is 23.7 Å². The third-order valence-corrected chi connectivity index (χ3v) is 3.29. The van der Waals surface area contributed by atoms with E-state index in [0.29, 0.717) is 4.88 Å². The largest absolute Gasteiger partial charge is 0.478 e. The van der Waals surface area contributed by atoms with Crippen molar-refractivity contribution in [2.75, 3.05) is 11.9 Å². The number of aromatic nitrogens is 1. The zero-order chi connectivity index (χ0) is 15.2. The van der Waals surface area contributed by atoms with E-state index < -0.39 is 11.9 Å². The summed E-state index contributed by atoms with van der Waals surface area (Å²) in [6.45, 7) is -0.214. The highest BCUT2D eigenvalue weighted by molar-refractivity contribution is 7.12. The molecule has 0 atom stereocenters. The van der Waals surface area contributed by atoms with Gasteiger partial charge >= 0.3 is 5.97 Å². The van der Waals surface area contributed by atoms with Crippen LogP contribution in [0, 0.1) is 0 Å². The number of amides is 2. The molecule has 0 saturated heterocycles. The van der Waals surface area contributed by atoms with E-state index in [1.54, 1.807) is 17.5 Å². The Bertz CT molecular complexity index is 670. The number of hydrogen-bond donors (Lipinski definition) is 3. The maximum absolute atomic E-state index is 11.7. The van der Waals surface area contributed by atoms with Crippen LogP contribution >= 0.6 is 11.3 Å². The van der Waals surface area contributed by atoms with Gasteiger partial charge in [0.2, 0.25) is 5.91 Å². The fraction of sp³-hybridized carbons (Fsp3) is 0.0769. The molecular formula is C13H11N3O4S. The van der Waals surface area contributed by atoms with Gasteiger partial charge in [0.15, 0.2) is 0 Å². The Morgan fingerprint density at radius 3 is 2.76 bits per heavy atom. The van der Waals surface area contributed by atoms with E-state index in [2.05, 4.69) is 15.6 Å². The van der Waals surface area contributed by atoms with E-state index >= 15 is 0 Å². The van der Waals surface area contributed by atoms with Gasteiger partial charge in [-0.2, -0.15) is 0 Å². The molecule has 8 heteroatoms. The predicted molar refractivity (Wildman–Crippen MR) is 76.5 cm³/mol. The lowest BCUT2D eigenvalue weighted by atomic mass is 10.2. The number of nitrogens with one attached hydrogen (secondary N) is 2. The number of anilines is 1. The number of carbonyl (C=O) groups is 3. The van der Waals surface area contributed by atoms with E-state index in [9.17, 15) is 14.4 Å². The Morgan fingerprint density at radius 2 is 2.10 bits per heavy atom. The predicted octanol–water partition coefficient (Wildman–Crippen LogP) is 1.21. The molecule has 0 saturated carbocycles. The first-order chi connectivity index (χ1) is 10.1. The standard InChI is InChI=1S/C13H11N3O4S/c17-11(7-15-12(18)10-2-1-3-21-10)16-9-4-8(13(19)20)5-14-6-9/h1-6H,7H2,(H,15,18)(H,16,17)(H,19,20). The summed E-state index contributed by atoms with van der Waals surface area (Å²) < 4.78 is 0. The first-order valence-corrected chi connectivity index (χ1v) is 6.74. The monoisotopic (exact) mass is 305 g/mol. The molecule has 3 N–H and O–H groups in total. The van der Waals surface area contributed by atoms with Crippen LogP contribution < -0.4 is 10.6 Å². The Morgan fingerprint density at radius 1 is 1.29 bits per heavy atom. The van der Waals surface area contributed by atoms with Crippen molar-refractivity contribution in [1.29, 1.82) is 0 Å². The summed E-state index contributed by atoms with van der Waals surface area (Å²) in [6, 6.07) is 4.68. The number of carbonyl (C=O) groups excluding carboxylic acids is 2. The normalized spacial score (nSPS) is 9.90. The van der Waals surface area contributed by atoms with Crippen LogP contribution in [0.4, 0.5) is 5.69 Å². The zero-order valence-corrected chi connectivity index (χ0v) is 11.5. The lowest BCUT2D eigenvalue weighted by Crippen LogP contribution is -2.32. The molecule has 0 aromatic carbocycles. The number of nitrogens with zero attached hydrogens (tertiary/aromatic N) is 1. The van der Waals surface area contributed by atoms with Gasteiger partial charge in [-0.25, -0.2) is 4.79 Å². The average Bonchev–Trinajstić information content (AvgIpc) is 2.99. The van der Waals surface area contributed by atoms with Gasteiger partial charge in [0.25, 0.3) is 5.91 Å². The Hall–Kier alpha value is -2.74. The minimum absolute atomic E-state index is 0.0320. The van der Waals surface area contributed by atoms with Crippen molar-refractivity contribution in [2.45, 2.75) is 0 Å². The summed E-state index contributed by atoms with van der Waals surface area (Å²) in [5, 5.41) is 15.5. The van der Waals surface area contributed by atoms with Crippen LogP contribution in [0.2, 0.25) is 0 Å². The molecule has 0 unspecified atom stereocenters. The van der Waals surface area contributed by atoms with Gasteiger partial charge in [-0.05, 0) is 17.5 Å². The van der Waals surface area contributed by atoms with Crippen molar-refractivity contribution < 1.29 is 19.5 Å². The summed E-state index contributed by atoms with van der Waals surface area (Å²) in [4.78, 5) is 38.3. The molecule has 0 aliphatic heterocycles. The van der Waals surface area contributed by atoms with Crippen LogP contribution in [0.1, 0.15) is 20.0 Å². The van der Waals surface area contributed by atoms with E-state index in [1.165, 1.54) is 29.8 Å². The minimum atomic E-state index is -1.13. The maximum atomic E-state index is 11.7. The van der Waals surface area contributed by atoms with E-state index in [1.807, 2.05) is 0 Å². The second-order valence-electron chi connectivity index (χ2n) is 3.98. The Balaban J connectivity index is 1.89. The lowest BCUT2D eigenvalue weighted by molar-refractivity contribution is -0.115. The molecule has 0 bridgehead atoms. The number of pyridine rings is 1. The third-order valence-electron chi connectivity index (χ3n) is 2.42. The highest BCUT2D eigenvalue weighted by Crippen LogP contribution is 2.09. The highest BCUT2D eigenvalue weighted by atomic mass is 32.1. The number of rotatable bonds is 5. The fourth-order valence-electron chi connectivity index (χ4n) is 1.49. The fourth-order valence-corrected chi connectivity index (χ4v) is 2.13. The van der Waals surface area contributed by atoms with Crippen LogP contribution in [0.3, 0.4) is 0 Å². The second kappa shape index (κ2) is 6.62. The molecule has 2 aromatic heterocycles. The number of aromatic carboxylic acids is 1. The lowest BCUT2D eigenvalue weighted by Gasteiger charge is -2.06. The van der Waals surface area contributed by atoms with Crippen molar-refractivity contribution in [3.05, 3.63) is 46.4 Å². The average molecular weight is 305 g/mol. The van der Waals surface area contributed by atoms with Gasteiger partial charge in [-0.15, -0.1) is 11.3 Å². The molecule has 0 fully saturated rings. The summed E-state index contributed by atoms with van der Waals surface area (Å²) in [7, 11) is 0. The van der Waals surface area contributed by atoms with Crippen molar-refractivity contribution in [2.24, 2.45) is 0 Å². The van der Waals surface area contributed by atoms with Crippen LogP contribution in [-0.4, -0.2) is 34.4 Å². The van der Waals surface area contributed by atoms with Gasteiger partial charge < -0.3 is 15.7 Å². The smallest absolute Gasteiger partial charge is 0.337 e. The molecule has 0 aliphatic rings. The first-order valence-electron chi connectivity index (χ1n) is 5.86. The van der Waals surface area contributed by atoms with Crippen molar-refractivity contribution in [1.82, 2.24) is 10.3 Å². The van der Waals surface area contributed by atoms with Gasteiger partial charge in [-0.1, -0.05) is 6.07 Å². The van der Waals surface area contributed by atoms with Gasteiger partial charge in [-0.3, -0.25) is 14.6 Å². The number of carboxylic acid groups (broad SMARTS) is 1. The minimum Gasteiger partial charge on any atom is -0.478 e. The molecule has 2 aromatic rings. The van der Waals surface area contributed by atoms with Crippen LogP contribution in [0.5, 0.6) is 0 Å². The molecular weight excluding hydrogens is 294 g/mol. The Labute approximate surface area is 123 Å². The molecule has 2 amide bonds. The second-order valence-corrected chi connectivity index (χ2v) is 4.92. The van der Waals surface area contributed by atoms with Crippen molar-refractivity contribution >= 4 is 34.8 Å². The molecule has 7 nitrogen and oxygen atoms in total. The summed E-state index contributed by atoms with van der Waals surface area (Å²) in [5.74, 6) is -1.94. The van der Waals surface area contributed by atoms with Gasteiger partial charge in [0.1, 0.15) is 0 Å². The molecule has 0 aliphatic carbocycles.